The Morgan fingerprint density at radius 2 is 2.12 bits per heavy atom. The molecule has 0 saturated heterocycles. The van der Waals surface area contributed by atoms with Gasteiger partial charge < -0.3 is 15.0 Å². The van der Waals surface area contributed by atoms with E-state index in [0.717, 1.165) is 4.90 Å². The Morgan fingerprint density at radius 1 is 1.38 bits per heavy atom. The Kier molecular flexibility index (Phi) is 4.73. The van der Waals surface area contributed by atoms with Gasteiger partial charge in [-0.3, -0.25) is 4.79 Å². The van der Waals surface area contributed by atoms with Gasteiger partial charge in [-0.25, -0.2) is 14.8 Å². The van der Waals surface area contributed by atoms with Crippen LogP contribution in [0.4, 0.5) is 9.18 Å². The molecule has 1 amide bonds. The first kappa shape index (κ1) is 18.0. The van der Waals surface area contributed by atoms with E-state index in [2.05, 4.69) is 15.0 Å². The number of thiophene rings is 1. The molecule has 0 fully saturated rings. The normalized spacial score (nSPS) is 12.5. The number of fused-ring (bicyclic) bond motifs is 1. The molecule has 3 heterocycles. The van der Waals surface area contributed by atoms with Crippen molar-refractivity contribution in [1.82, 2.24) is 19.9 Å². The van der Waals surface area contributed by atoms with E-state index in [9.17, 15) is 19.1 Å². The van der Waals surface area contributed by atoms with E-state index < -0.39 is 18.1 Å². The lowest BCUT2D eigenvalue weighted by Crippen LogP contribution is -2.35. The molecule has 136 valence electrons. The van der Waals surface area contributed by atoms with Gasteiger partial charge in [0.25, 0.3) is 5.56 Å². The van der Waals surface area contributed by atoms with E-state index >= 15 is 0 Å². The molecule has 3 aromatic rings. The van der Waals surface area contributed by atoms with Crippen LogP contribution in [0.25, 0.3) is 20.7 Å². The van der Waals surface area contributed by atoms with Crippen molar-refractivity contribution in [2.24, 2.45) is 5.92 Å². The highest BCUT2D eigenvalue weighted by Gasteiger charge is 2.27. The Bertz CT molecular complexity index is 1030. The molecular formula is C17H17FN4O3S. The summed E-state index contributed by atoms with van der Waals surface area (Å²) in [5.74, 6) is -0.415. The molecule has 0 aliphatic rings. The van der Waals surface area contributed by atoms with E-state index in [0.29, 0.717) is 20.7 Å². The first-order valence-electron chi connectivity index (χ1n) is 7.89. The SMILES string of the molecule is CC(C)C(c1nc2cc(-c3ccnc(F)c3)sc2c(=O)[nH]1)N(C)C(=O)O. The third kappa shape index (κ3) is 3.30. The van der Waals surface area contributed by atoms with Crippen LogP contribution in [0, 0.1) is 11.9 Å². The lowest BCUT2D eigenvalue weighted by Gasteiger charge is -2.27. The number of aromatic amines is 1. The van der Waals surface area contributed by atoms with Gasteiger partial charge >= 0.3 is 6.09 Å². The molecular weight excluding hydrogens is 359 g/mol. The summed E-state index contributed by atoms with van der Waals surface area (Å²) in [6.45, 7) is 3.71. The predicted octanol–water partition coefficient (Wildman–Crippen LogP) is 3.49. The number of carbonyl (C=O) groups is 1. The number of halogens is 1. The molecule has 1 atom stereocenters. The highest BCUT2D eigenvalue weighted by molar-refractivity contribution is 7.22. The smallest absolute Gasteiger partial charge is 0.407 e. The number of aromatic nitrogens is 3. The van der Waals surface area contributed by atoms with E-state index in [1.165, 1.54) is 30.6 Å². The zero-order valence-corrected chi connectivity index (χ0v) is 15.2. The lowest BCUT2D eigenvalue weighted by atomic mass is 10.0. The molecule has 0 spiro atoms. The maximum Gasteiger partial charge on any atom is 0.407 e. The number of H-pyrrole nitrogens is 1. The van der Waals surface area contributed by atoms with Crippen molar-refractivity contribution in [2.75, 3.05) is 7.05 Å². The number of nitrogens with zero attached hydrogens (tertiary/aromatic N) is 3. The van der Waals surface area contributed by atoms with Crippen LogP contribution in [-0.4, -0.2) is 38.1 Å². The summed E-state index contributed by atoms with van der Waals surface area (Å²) >= 11 is 1.20. The van der Waals surface area contributed by atoms with E-state index in [4.69, 9.17) is 0 Å². The van der Waals surface area contributed by atoms with Gasteiger partial charge in [0.1, 0.15) is 10.5 Å². The number of carboxylic acid groups (broad SMARTS) is 1. The van der Waals surface area contributed by atoms with Crippen LogP contribution in [0.2, 0.25) is 0 Å². The average molecular weight is 376 g/mol. The van der Waals surface area contributed by atoms with Crippen LogP contribution in [0.5, 0.6) is 0 Å². The molecule has 0 saturated carbocycles. The van der Waals surface area contributed by atoms with Crippen molar-refractivity contribution in [3.8, 4) is 10.4 Å². The molecule has 3 aromatic heterocycles. The number of hydrogen-bond donors (Lipinski definition) is 2. The molecule has 3 rings (SSSR count). The fraction of sp³-hybridized carbons (Fsp3) is 0.294. The summed E-state index contributed by atoms with van der Waals surface area (Å²) in [5, 5.41) is 9.29. The summed E-state index contributed by atoms with van der Waals surface area (Å²) in [6, 6.07) is 4.05. The lowest BCUT2D eigenvalue weighted by molar-refractivity contribution is 0.122. The van der Waals surface area contributed by atoms with Crippen LogP contribution < -0.4 is 5.56 Å². The Labute approximate surface area is 152 Å². The second-order valence-electron chi connectivity index (χ2n) is 6.23. The summed E-state index contributed by atoms with van der Waals surface area (Å²) in [5.41, 5.74) is 0.704. The van der Waals surface area contributed by atoms with Gasteiger partial charge in [0, 0.05) is 24.2 Å². The number of hydrogen-bond acceptors (Lipinski definition) is 5. The largest absolute Gasteiger partial charge is 0.465 e. The number of rotatable bonds is 4. The van der Waals surface area contributed by atoms with E-state index in [-0.39, 0.29) is 17.3 Å². The van der Waals surface area contributed by atoms with E-state index in [1.54, 1.807) is 12.1 Å². The van der Waals surface area contributed by atoms with Crippen LogP contribution in [0.1, 0.15) is 25.7 Å². The first-order valence-corrected chi connectivity index (χ1v) is 8.71. The minimum atomic E-state index is -1.11. The van der Waals surface area contributed by atoms with Crippen molar-refractivity contribution in [1.29, 1.82) is 0 Å². The molecule has 1 unspecified atom stereocenters. The molecule has 7 nitrogen and oxygen atoms in total. The quantitative estimate of drug-likeness (QED) is 0.679. The van der Waals surface area contributed by atoms with Gasteiger partial charge in [-0.05, 0) is 23.6 Å². The fourth-order valence-corrected chi connectivity index (χ4v) is 3.85. The molecule has 2 N–H and O–H groups in total. The molecule has 9 heteroatoms. The van der Waals surface area contributed by atoms with Crippen molar-refractivity contribution in [3.63, 3.8) is 0 Å². The van der Waals surface area contributed by atoms with Gasteiger partial charge in [-0.15, -0.1) is 11.3 Å². The zero-order chi connectivity index (χ0) is 19.0. The summed E-state index contributed by atoms with van der Waals surface area (Å²) in [6.07, 6.45) is 0.249. The summed E-state index contributed by atoms with van der Waals surface area (Å²) < 4.78 is 13.8. The predicted molar refractivity (Wildman–Crippen MR) is 96.8 cm³/mol. The van der Waals surface area contributed by atoms with Crippen LogP contribution in [-0.2, 0) is 0 Å². The van der Waals surface area contributed by atoms with Gasteiger partial charge in [-0.2, -0.15) is 4.39 Å². The van der Waals surface area contributed by atoms with Crippen molar-refractivity contribution < 1.29 is 14.3 Å². The molecule has 26 heavy (non-hydrogen) atoms. The third-order valence-corrected chi connectivity index (χ3v) is 5.22. The Balaban J connectivity index is 2.13. The first-order chi connectivity index (χ1) is 12.3. The van der Waals surface area contributed by atoms with Crippen LogP contribution in [0.15, 0.2) is 29.2 Å². The minimum absolute atomic E-state index is 0.0934. The molecule has 0 bridgehead atoms. The summed E-state index contributed by atoms with van der Waals surface area (Å²) in [7, 11) is 1.44. The second-order valence-corrected chi connectivity index (χ2v) is 7.28. The standard InChI is InChI=1S/C17H17FN4O3S/c1-8(2)13(22(3)17(24)25)15-20-10-7-11(26-14(10)16(23)21-15)9-4-5-19-12(18)6-9/h4-8,13H,1-3H3,(H,24,25)(H,20,21,23). The van der Waals surface area contributed by atoms with Crippen LogP contribution in [0.3, 0.4) is 0 Å². The highest BCUT2D eigenvalue weighted by Crippen LogP contribution is 2.32. The van der Waals surface area contributed by atoms with Gasteiger partial charge in [-0.1, -0.05) is 13.8 Å². The van der Waals surface area contributed by atoms with Gasteiger partial charge in [0.05, 0.1) is 11.6 Å². The topological polar surface area (TPSA) is 99.2 Å². The average Bonchev–Trinajstić information content (AvgIpc) is 2.99. The monoisotopic (exact) mass is 376 g/mol. The van der Waals surface area contributed by atoms with Crippen LogP contribution >= 0.6 is 11.3 Å². The summed E-state index contributed by atoms with van der Waals surface area (Å²) in [4.78, 5) is 36.3. The number of amides is 1. The van der Waals surface area contributed by atoms with Crippen molar-refractivity contribution in [3.05, 3.63) is 46.5 Å². The zero-order valence-electron chi connectivity index (χ0n) is 14.4. The molecule has 0 aliphatic carbocycles. The molecule has 0 aromatic carbocycles. The van der Waals surface area contributed by atoms with Gasteiger partial charge in [0.2, 0.25) is 5.95 Å². The number of nitrogens with one attached hydrogen (secondary N) is 1. The van der Waals surface area contributed by atoms with Gasteiger partial charge in [0.15, 0.2) is 0 Å². The van der Waals surface area contributed by atoms with Crippen molar-refractivity contribution in [2.45, 2.75) is 19.9 Å². The van der Waals surface area contributed by atoms with E-state index in [1.807, 2.05) is 13.8 Å². The molecule has 0 aliphatic heterocycles. The maximum absolute atomic E-state index is 13.4. The fourth-order valence-electron chi connectivity index (χ4n) is 2.86. The Hall–Kier alpha value is -2.81. The Morgan fingerprint density at radius 3 is 2.73 bits per heavy atom. The van der Waals surface area contributed by atoms with Crippen molar-refractivity contribution >= 4 is 27.6 Å². The molecule has 0 radical (unpaired) electrons. The third-order valence-electron chi connectivity index (χ3n) is 4.04. The highest BCUT2D eigenvalue weighted by atomic mass is 32.1. The minimum Gasteiger partial charge on any atom is -0.465 e. The number of pyridine rings is 1. The maximum atomic E-state index is 13.4. The second kappa shape index (κ2) is 6.83.